The van der Waals surface area contributed by atoms with Gasteiger partial charge in [-0.15, -0.1) is 0 Å². The van der Waals surface area contributed by atoms with Gasteiger partial charge in [0, 0.05) is 22.5 Å². The molecule has 0 aliphatic carbocycles. The van der Waals surface area contributed by atoms with Gasteiger partial charge in [-0.1, -0.05) is 54.0 Å². The fraction of sp³-hybridized carbons (Fsp3) is 0.867. The van der Waals surface area contributed by atoms with Crippen molar-refractivity contribution in [2.75, 3.05) is 43.7 Å². The van der Waals surface area contributed by atoms with Gasteiger partial charge in [0.25, 0.3) is 0 Å². The van der Waals surface area contributed by atoms with Crippen molar-refractivity contribution in [2.24, 2.45) is 9.53 Å². The SMILES string of the molecule is CCOP(=O)(N=C1SCC(C)S1)OCC.CCOP(=O)(N=C1SCCS1)OCC. The lowest BCUT2D eigenvalue weighted by Crippen LogP contribution is -1.95. The Balaban J connectivity index is 0.000000291. The van der Waals surface area contributed by atoms with Crippen LogP contribution in [0.2, 0.25) is 0 Å². The van der Waals surface area contributed by atoms with Gasteiger partial charge >= 0.3 is 15.5 Å². The topological polar surface area (TPSA) is 95.8 Å². The second-order valence-corrected chi connectivity index (χ2v) is 13.7. The molecule has 0 spiro atoms. The Bertz CT molecular complexity index is 624. The van der Waals surface area contributed by atoms with E-state index in [4.69, 9.17) is 18.1 Å². The van der Waals surface area contributed by atoms with Crippen molar-refractivity contribution in [1.29, 1.82) is 0 Å². The molecule has 0 bridgehead atoms. The molecule has 0 aromatic carbocycles. The number of nitrogens with zero attached hydrogens (tertiary/aromatic N) is 2. The lowest BCUT2D eigenvalue weighted by atomic mass is 10.6. The summed E-state index contributed by atoms with van der Waals surface area (Å²) in [5.41, 5.74) is 0. The van der Waals surface area contributed by atoms with E-state index in [-0.39, 0.29) is 0 Å². The highest BCUT2D eigenvalue weighted by atomic mass is 32.2. The minimum atomic E-state index is -3.25. The van der Waals surface area contributed by atoms with E-state index in [2.05, 4.69) is 16.4 Å². The normalized spacial score (nSPS) is 21.3. The third-order valence-corrected chi connectivity index (χ3v) is 11.8. The van der Waals surface area contributed by atoms with Crippen LogP contribution in [0.5, 0.6) is 0 Å². The van der Waals surface area contributed by atoms with Crippen LogP contribution < -0.4 is 0 Å². The quantitative estimate of drug-likeness (QED) is 0.299. The first-order valence-corrected chi connectivity index (χ1v) is 16.2. The van der Waals surface area contributed by atoms with Crippen LogP contribution in [-0.4, -0.2) is 57.7 Å². The Morgan fingerprint density at radius 1 is 0.793 bits per heavy atom. The zero-order chi connectivity index (χ0) is 21.8. The first kappa shape index (κ1) is 28.1. The zero-order valence-electron chi connectivity index (χ0n) is 17.4. The molecule has 0 saturated carbocycles. The summed E-state index contributed by atoms with van der Waals surface area (Å²) >= 11 is 6.44. The van der Waals surface area contributed by atoms with Crippen LogP contribution in [0.15, 0.2) is 9.53 Å². The molecule has 0 aromatic heterocycles. The second-order valence-electron chi connectivity index (χ2n) is 5.28. The molecule has 2 saturated heterocycles. The lowest BCUT2D eigenvalue weighted by molar-refractivity contribution is 0.220. The summed E-state index contributed by atoms with van der Waals surface area (Å²) in [6.45, 7) is 10.6. The van der Waals surface area contributed by atoms with Crippen LogP contribution in [0.4, 0.5) is 0 Å². The molecule has 0 amide bonds. The Morgan fingerprint density at radius 3 is 1.55 bits per heavy atom. The summed E-state index contributed by atoms with van der Waals surface area (Å²) in [5, 5.41) is 0.519. The smallest absolute Gasteiger partial charge is 0.291 e. The van der Waals surface area contributed by atoms with Crippen molar-refractivity contribution in [2.45, 2.75) is 39.9 Å². The van der Waals surface area contributed by atoms with Crippen LogP contribution in [0.25, 0.3) is 0 Å². The summed E-state index contributed by atoms with van der Waals surface area (Å²) in [6.07, 6.45) is 0. The molecule has 2 aliphatic heterocycles. The largest absolute Gasteiger partial charge is 0.455 e. The fourth-order valence-electron chi connectivity index (χ4n) is 1.88. The van der Waals surface area contributed by atoms with Crippen molar-refractivity contribution < 1.29 is 27.2 Å². The maximum Gasteiger partial charge on any atom is 0.455 e. The molecular formula is C15H30N2O6P2S4. The maximum atomic E-state index is 12.0. The molecule has 170 valence electrons. The molecule has 0 radical (unpaired) electrons. The molecule has 8 nitrogen and oxygen atoms in total. The van der Waals surface area contributed by atoms with E-state index >= 15 is 0 Å². The number of hydrogen-bond acceptors (Lipinski definition) is 10. The minimum absolute atomic E-state index is 0.346. The molecule has 2 rings (SSSR count). The van der Waals surface area contributed by atoms with Crippen molar-refractivity contribution in [1.82, 2.24) is 0 Å². The summed E-state index contributed by atoms with van der Waals surface area (Å²) in [7, 11) is -6.47. The highest BCUT2D eigenvalue weighted by Gasteiger charge is 2.27. The summed E-state index contributed by atoms with van der Waals surface area (Å²) in [4.78, 5) is 0. The molecule has 0 N–H and O–H groups in total. The van der Waals surface area contributed by atoms with E-state index in [1.54, 1.807) is 74.7 Å². The molecule has 1 atom stereocenters. The van der Waals surface area contributed by atoms with Gasteiger partial charge in [-0.05, 0) is 27.7 Å². The van der Waals surface area contributed by atoms with E-state index in [0.29, 0.717) is 31.7 Å². The van der Waals surface area contributed by atoms with Crippen molar-refractivity contribution >= 4 is 71.3 Å². The zero-order valence-corrected chi connectivity index (χ0v) is 22.5. The van der Waals surface area contributed by atoms with Gasteiger partial charge in [-0.25, -0.2) is 9.13 Å². The molecule has 2 fully saturated rings. The van der Waals surface area contributed by atoms with Crippen molar-refractivity contribution in [3.8, 4) is 0 Å². The van der Waals surface area contributed by atoms with E-state index < -0.39 is 15.5 Å². The Morgan fingerprint density at radius 2 is 1.21 bits per heavy atom. The first-order valence-electron chi connectivity index (χ1n) is 9.33. The van der Waals surface area contributed by atoms with Crippen LogP contribution >= 0.6 is 62.5 Å². The van der Waals surface area contributed by atoms with Gasteiger partial charge in [0.2, 0.25) is 0 Å². The summed E-state index contributed by atoms with van der Waals surface area (Å²) < 4.78 is 54.0. The third kappa shape index (κ3) is 11.5. The summed E-state index contributed by atoms with van der Waals surface area (Å²) in [6, 6.07) is 0. The summed E-state index contributed by atoms with van der Waals surface area (Å²) in [5.74, 6) is 3.03. The van der Waals surface area contributed by atoms with Crippen LogP contribution in [0.1, 0.15) is 34.6 Å². The molecule has 14 heteroatoms. The minimum Gasteiger partial charge on any atom is -0.291 e. The fourth-order valence-corrected chi connectivity index (χ4v) is 10.1. The average Bonchev–Trinajstić information content (AvgIpc) is 3.27. The second kappa shape index (κ2) is 15.0. The van der Waals surface area contributed by atoms with E-state index in [0.717, 1.165) is 26.0 Å². The predicted octanol–water partition coefficient (Wildman–Crippen LogP) is 6.40. The molecule has 2 heterocycles. The van der Waals surface area contributed by atoms with Gasteiger partial charge in [-0.3, -0.25) is 18.1 Å². The molecular weight excluding hydrogens is 494 g/mol. The van der Waals surface area contributed by atoms with E-state index in [1.807, 2.05) is 0 Å². The third-order valence-electron chi connectivity index (χ3n) is 2.86. The molecule has 1 unspecified atom stereocenters. The Labute approximate surface area is 191 Å². The highest BCUT2D eigenvalue weighted by molar-refractivity contribution is 8.42. The lowest BCUT2D eigenvalue weighted by Gasteiger charge is -2.11. The van der Waals surface area contributed by atoms with Crippen molar-refractivity contribution in [3.63, 3.8) is 0 Å². The van der Waals surface area contributed by atoms with Gasteiger partial charge in [0.15, 0.2) is 0 Å². The average molecular weight is 525 g/mol. The van der Waals surface area contributed by atoms with Crippen LogP contribution in [0.3, 0.4) is 0 Å². The van der Waals surface area contributed by atoms with Crippen molar-refractivity contribution in [3.05, 3.63) is 0 Å². The highest BCUT2D eigenvalue weighted by Crippen LogP contribution is 2.53. The van der Waals surface area contributed by atoms with Crippen LogP contribution in [-0.2, 0) is 27.2 Å². The molecule has 2 aliphatic rings. The van der Waals surface area contributed by atoms with Gasteiger partial charge in [-0.2, -0.15) is 9.53 Å². The number of thioether (sulfide) groups is 4. The number of rotatable bonds is 10. The van der Waals surface area contributed by atoms with Gasteiger partial charge < -0.3 is 0 Å². The Hall–Kier alpha value is 1.04. The molecule has 0 aromatic rings. The van der Waals surface area contributed by atoms with Gasteiger partial charge in [0.1, 0.15) is 8.75 Å². The Kier molecular flexibility index (Phi) is 14.5. The number of hydrogen-bond donors (Lipinski definition) is 0. The van der Waals surface area contributed by atoms with Gasteiger partial charge in [0.05, 0.1) is 26.4 Å². The predicted molar refractivity (Wildman–Crippen MR) is 131 cm³/mol. The van der Waals surface area contributed by atoms with E-state index in [9.17, 15) is 9.13 Å². The maximum absolute atomic E-state index is 12.0. The standard InChI is InChI=1S/C8H16NO3PS2.C7H14NO3PS2/c1-4-11-13(10,12-5-2)9-8-14-6-7(3)15-8;1-3-10-12(9,11-4-2)8-7-13-5-6-14-7/h7H,4-6H2,1-3H3;3-6H2,1-2H3. The monoisotopic (exact) mass is 524 g/mol. The first-order chi connectivity index (χ1) is 13.8. The van der Waals surface area contributed by atoms with Crippen LogP contribution in [0, 0.1) is 0 Å². The molecule has 29 heavy (non-hydrogen) atoms. The van der Waals surface area contributed by atoms with E-state index in [1.165, 1.54) is 0 Å².